The predicted octanol–water partition coefficient (Wildman–Crippen LogP) is 1.48. The first-order chi connectivity index (χ1) is 9.39. The molecular formula is C14H23N3O2S. The number of nitrogens with one attached hydrogen (secondary N) is 1. The molecule has 0 spiro atoms. The van der Waals surface area contributed by atoms with Crippen molar-refractivity contribution >= 4 is 15.7 Å². The number of nitrogens with zero attached hydrogens (tertiary/aromatic N) is 1. The van der Waals surface area contributed by atoms with Gasteiger partial charge in [-0.2, -0.15) is 0 Å². The van der Waals surface area contributed by atoms with Gasteiger partial charge in [0.1, 0.15) is 0 Å². The van der Waals surface area contributed by atoms with E-state index in [0.717, 1.165) is 25.1 Å². The molecule has 0 heterocycles. The first-order valence-electron chi connectivity index (χ1n) is 6.91. The Hall–Kier alpha value is -1.11. The maximum Gasteiger partial charge on any atom is 0.242 e. The van der Waals surface area contributed by atoms with Gasteiger partial charge >= 0.3 is 0 Å². The lowest BCUT2D eigenvalue weighted by atomic mass is 10.1. The van der Waals surface area contributed by atoms with Crippen LogP contribution in [0.4, 0.5) is 5.69 Å². The molecule has 6 heteroatoms. The number of hydrogen-bond donors (Lipinski definition) is 2. The number of rotatable bonds is 5. The SMILES string of the molecule is CN(C)S(=O)(=O)c1ccc(NCC2CCC(N)C2)cc1. The second-order valence-electron chi connectivity index (χ2n) is 5.63. The molecule has 0 saturated heterocycles. The van der Waals surface area contributed by atoms with Crippen molar-refractivity contribution < 1.29 is 8.42 Å². The highest BCUT2D eigenvalue weighted by atomic mass is 32.2. The zero-order valence-electron chi connectivity index (χ0n) is 12.0. The van der Waals surface area contributed by atoms with Gasteiger partial charge in [-0.05, 0) is 49.4 Å². The summed E-state index contributed by atoms with van der Waals surface area (Å²) >= 11 is 0. The Labute approximate surface area is 121 Å². The molecule has 1 aromatic rings. The summed E-state index contributed by atoms with van der Waals surface area (Å²) in [5.41, 5.74) is 6.84. The van der Waals surface area contributed by atoms with Gasteiger partial charge in [-0.25, -0.2) is 12.7 Å². The molecule has 0 amide bonds. The molecule has 1 aliphatic carbocycles. The Morgan fingerprint density at radius 3 is 2.40 bits per heavy atom. The van der Waals surface area contributed by atoms with E-state index in [1.807, 2.05) is 12.1 Å². The van der Waals surface area contributed by atoms with Crippen LogP contribution in [0.15, 0.2) is 29.2 Å². The van der Waals surface area contributed by atoms with E-state index < -0.39 is 10.0 Å². The molecule has 1 fully saturated rings. The molecule has 1 aromatic carbocycles. The van der Waals surface area contributed by atoms with Gasteiger partial charge in [0, 0.05) is 32.4 Å². The van der Waals surface area contributed by atoms with Crippen molar-refractivity contribution in [2.75, 3.05) is 26.0 Å². The van der Waals surface area contributed by atoms with Crippen LogP contribution < -0.4 is 11.1 Å². The highest BCUT2D eigenvalue weighted by molar-refractivity contribution is 7.89. The number of nitrogens with two attached hydrogens (primary N) is 1. The summed E-state index contributed by atoms with van der Waals surface area (Å²) in [6.07, 6.45) is 3.34. The molecule has 2 atom stereocenters. The van der Waals surface area contributed by atoms with Crippen LogP contribution in [-0.4, -0.2) is 39.4 Å². The summed E-state index contributed by atoms with van der Waals surface area (Å²) in [6, 6.07) is 7.24. The van der Waals surface area contributed by atoms with E-state index in [-0.39, 0.29) is 0 Å². The number of sulfonamides is 1. The van der Waals surface area contributed by atoms with Crippen molar-refractivity contribution in [3.8, 4) is 0 Å². The van der Waals surface area contributed by atoms with Gasteiger partial charge in [0.05, 0.1) is 4.90 Å². The second-order valence-corrected chi connectivity index (χ2v) is 7.78. The lowest BCUT2D eigenvalue weighted by Gasteiger charge is -2.14. The third-order valence-electron chi connectivity index (χ3n) is 3.81. The fraction of sp³-hybridized carbons (Fsp3) is 0.571. The summed E-state index contributed by atoms with van der Waals surface area (Å²) in [6.45, 7) is 0.896. The van der Waals surface area contributed by atoms with E-state index in [2.05, 4.69) is 5.32 Å². The smallest absolute Gasteiger partial charge is 0.242 e. The average Bonchev–Trinajstić information content (AvgIpc) is 2.82. The maximum atomic E-state index is 11.9. The molecule has 112 valence electrons. The number of benzene rings is 1. The average molecular weight is 297 g/mol. The van der Waals surface area contributed by atoms with Gasteiger partial charge in [0.2, 0.25) is 10.0 Å². The molecule has 5 nitrogen and oxygen atoms in total. The van der Waals surface area contributed by atoms with Crippen LogP contribution in [0.2, 0.25) is 0 Å². The van der Waals surface area contributed by atoms with E-state index in [9.17, 15) is 8.42 Å². The summed E-state index contributed by atoms with van der Waals surface area (Å²) < 4.78 is 25.1. The normalized spacial score (nSPS) is 23.2. The fourth-order valence-electron chi connectivity index (χ4n) is 2.52. The van der Waals surface area contributed by atoms with E-state index in [4.69, 9.17) is 5.73 Å². The van der Waals surface area contributed by atoms with E-state index in [1.165, 1.54) is 24.8 Å². The van der Waals surface area contributed by atoms with Crippen molar-refractivity contribution in [3.05, 3.63) is 24.3 Å². The Balaban J connectivity index is 1.95. The van der Waals surface area contributed by atoms with E-state index in [1.54, 1.807) is 12.1 Å². The van der Waals surface area contributed by atoms with Crippen LogP contribution in [0.25, 0.3) is 0 Å². The largest absolute Gasteiger partial charge is 0.385 e. The summed E-state index contributed by atoms with van der Waals surface area (Å²) in [7, 11) is -0.277. The minimum Gasteiger partial charge on any atom is -0.385 e. The molecule has 1 saturated carbocycles. The minimum atomic E-state index is -3.34. The van der Waals surface area contributed by atoms with Gasteiger partial charge in [0.15, 0.2) is 0 Å². The van der Waals surface area contributed by atoms with Crippen molar-refractivity contribution in [2.45, 2.75) is 30.2 Å². The summed E-state index contributed by atoms with van der Waals surface area (Å²) in [5.74, 6) is 0.621. The quantitative estimate of drug-likeness (QED) is 0.863. The molecule has 2 rings (SSSR count). The summed E-state index contributed by atoms with van der Waals surface area (Å²) in [5, 5.41) is 3.35. The van der Waals surface area contributed by atoms with Gasteiger partial charge in [-0.3, -0.25) is 0 Å². The summed E-state index contributed by atoms with van der Waals surface area (Å²) in [4.78, 5) is 0.316. The standard InChI is InChI=1S/C14H23N3O2S/c1-17(2)20(18,19)14-7-5-13(6-8-14)16-10-11-3-4-12(15)9-11/h5-8,11-12,16H,3-4,9-10,15H2,1-2H3. The molecule has 2 unspecified atom stereocenters. The molecule has 20 heavy (non-hydrogen) atoms. The Morgan fingerprint density at radius 2 is 1.90 bits per heavy atom. The fourth-order valence-corrected chi connectivity index (χ4v) is 3.42. The van der Waals surface area contributed by atoms with Crippen molar-refractivity contribution in [1.82, 2.24) is 4.31 Å². The van der Waals surface area contributed by atoms with Crippen LogP contribution in [-0.2, 0) is 10.0 Å². The Morgan fingerprint density at radius 1 is 1.25 bits per heavy atom. The van der Waals surface area contributed by atoms with Gasteiger partial charge < -0.3 is 11.1 Å². The number of hydrogen-bond acceptors (Lipinski definition) is 4. The molecular weight excluding hydrogens is 274 g/mol. The lowest BCUT2D eigenvalue weighted by Crippen LogP contribution is -2.22. The van der Waals surface area contributed by atoms with Crippen LogP contribution in [0, 0.1) is 5.92 Å². The highest BCUT2D eigenvalue weighted by Gasteiger charge is 2.21. The van der Waals surface area contributed by atoms with Crippen LogP contribution in [0.1, 0.15) is 19.3 Å². The molecule has 0 bridgehead atoms. The molecule has 1 aliphatic rings. The van der Waals surface area contributed by atoms with Crippen LogP contribution in [0.5, 0.6) is 0 Å². The van der Waals surface area contributed by atoms with Gasteiger partial charge in [-0.15, -0.1) is 0 Å². The topological polar surface area (TPSA) is 75.4 Å². The third kappa shape index (κ3) is 3.50. The Bertz CT molecular complexity index is 540. The molecule has 3 N–H and O–H groups in total. The zero-order valence-corrected chi connectivity index (χ0v) is 12.9. The van der Waals surface area contributed by atoms with Crippen molar-refractivity contribution in [1.29, 1.82) is 0 Å². The molecule has 0 aliphatic heterocycles. The number of anilines is 1. The van der Waals surface area contributed by atoms with Crippen LogP contribution in [0.3, 0.4) is 0 Å². The van der Waals surface area contributed by atoms with E-state index in [0.29, 0.717) is 16.9 Å². The monoisotopic (exact) mass is 297 g/mol. The molecule has 0 aromatic heterocycles. The van der Waals surface area contributed by atoms with Gasteiger partial charge in [0.25, 0.3) is 0 Å². The first-order valence-corrected chi connectivity index (χ1v) is 8.35. The van der Waals surface area contributed by atoms with E-state index >= 15 is 0 Å². The highest BCUT2D eigenvalue weighted by Crippen LogP contribution is 2.24. The third-order valence-corrected chi connectivity index (χ3v) is 5.64. The maximum absolute atomic E-state index is 11.9. The lowest BCUT2D eigenvalue weighted by molar-refractivity contribution is 0.521. The Kier molecular flexibility index (Phi) is 4.67. The minimum absolute atomic E-state index is 0.316. The van der Waals surface area contributed by atoms with Crippen molar-refractivity contribution in [3.63, 3.8) is 0 Å². The zero-order chi connectivity index (χ0) is 14.8. The van der Waals surface area contributed by atoms with Crippen molar-refractivity contribution in [2.24, 2.45) is 11.7 Å². The molecule has 0 radical (unpaired) electrons. The first kappa shape index (κ1) is 15.3. The van der Waals surface area contributed by atoms with Gasteiger partial charge in [-0.1, -0.05) is 0 Å². The predicted molar refractivity (Wildman–Crippen MR) is 81.1 cm³/mol. The van der Waals surface area contributed by atoms with Crippen LogP contribution >= 0.6 is 0 Å². The second kappa shape index (κ2) is 6.11.